The first-order valence-electron chi connectivity index (χ1n) is 3.99. The molecule has 1 N–H and O–H groups in total. The number of alkyl halides is 1. The van der Waals surface area contributed by atoms with E-state index in [-0.39, 0.29) is 0 Å². The molecule has 11 heavy (non-hydrogen) atoms. The third-order valence-corrected chi connectivity index (χ3v) is 3.15. The molecule has 1 atom stereocenters. The lowest BCUT2D eigenvalue weighted by atomic mass is 10.1. The molecular formula is C8H14BrNS. The first-order chi connectivity index (χ1) is 5.33. The van der Waals surface area contributed by atoms with Gasteiger partial charge in [-0.25, -0.2) is 0 Å². The number of halogens is 1. The van der Waals surface area contributed by atoms with Crippen molar-refractivity contribution >= 4 is 27.9 Å². The molecule has 64 valence electrons. The topological polar surface area (TPSA) is 12.0 Å². The van der Waals surface area contributed by atoms with Gasteiger partial charge in [-0.3, -0.25) is 4.72 Å². The zero-order valence-corrected chi connectivity index (χ0v) is 9.17. The summed E-state index contributed by atoms with van der Waals surface area (Å²) in [6.45, 7) is 2.15. The molecule has 1 unspecified atom stereocenters. The molecule has 0 aromatic heterocycles. The van der Waals surface area contributed by atoms with Crippen LogP contribution in [0.25, 0.3) is 0 Å². The molecule has 0 aromatic carbocycles. The van der Waals surface area contributed by atoms with Crippen LogP contribution >= 0.6 is 27.9 Å². The van der Waals surface area contributed by atoms with Crippen molar-refractivity contribution in [3.63, 3.8) is 0 Å². The van der Waals surface area contributed by atoms with Gasteiger partial charge in [-0.05, 0) is 36.6 Å². The van der Waals surface area contributed by atoms with Gasteiger partial charge in [0.15, 0.2) is 0 Å². The molecule has 0 saturated heterocycles. The van der Waals surface area contributed by atoms with Crippen molar-refractivity contribution < 1.29 is 0 Å². The van der Waals surface area contributed by atoms with Gasteiger partial charge in [-0.2, -0.15) is 0 Å². The maximum Gasteiger partial charge on any atom is 0.0365 e. The van der Waals surface area contributed by atoms with E-state index in [1.165, 1.54) is 24.2 Å². The van der Waals surface area contributed by atoms with Crippen molar-refractivity contribution in [3.8, 4) is 0 Å². The van der Waals surface area contributed by atoms with Crippen LogP contribution in [0.5, 0.6) is 0 Å². The highest BCUT2D eigenvalue weighted by Gasteiger charge is 2.11. The molecular weight excluding hydrogens is 222 g/mol. The standard InChI is InChI=1S/C8H14BrNS/c1-7-6-8(10-11-7)4-2-3-5-9/h6,8,10H,2-5H2,1H3. The van der Waals surface area contributed by atoms with E-state index >= 15 is 0 Å². The van der Waals surface area contributed by atoms with Crippen LogP contribution in [0, 0.1) is 0 Å². The molecule has 1 nitrogen and oxygen atoms in total. The fourth-order valence-electron chi connectivity index (χ4n) is 1.12. The van der Waals surface area contributed by atoms with Crippen LogP contribution in [0.3, 0.4) is 0 Å². The van der Waals surface area contributed by atoms with E-state index in [2.05, 4.69) is 33.7 Å². The van der Waals surface area contributed by atoms with E-state index in [1.807, 2.05) is 0 Å². The maximum absolute atomic E-state index is 3.43. The number of unbranched alkanes of at least 4 members (excludes halogenated alkanes) is 1. The molecule has 1 rings (SSSR count). The molecule has 0 fully saturated rings. The molecule has 0 amide bonds. The smallest absolute Gasteiger partial charge is 0.0365 e. The summed E-state index contributed by atoms with van der Waals surface area (Å²) in [7, 11) is 0. The molecule has 0 bridgehead atoms. The molecule has 0 spiro atoms. The monoisotopic (exact) mass is 235 g/mol. The zero-order chi connectivity index (χ0) is 8.10. The largest absolute Gasteiger partial charge is 0.253 e. The van der Waals surface area contributed by atoms with Crippen LogP contribution in [-0.2, 0) is 0 Å². The maximum atomic E-state index is 3.43. The SMILES string of the molecule is CC1=CC(CCCCBr)NS1. The normalized spacial score (nSPS) is 23.8. The van der Waals surface area contributed by atoms with Gasteiger partial charge < -0.3 is 0 Å². The van der Waals surface area contributed by atoms with Crippen LogP contribution in [0.15, 0.2) is 11.0 Å². The Morgan fingerprint density at radius 1 is 1.64 bits per heavy atom. The predicted octanol–water partition coefficient (Wildman–Crippen LogP) is 3.08. The first kappa shape index (κ1) is 9.62. The Kier molecular flexibility index (Phi) is 4.57. The van der Waals surface area contributed by atoms with Crippen LogP contribution in [0.4, 0.5) is 0 Å². The molecule has 1 aliphatic heterocycles. The first-order valence-corrected chi connectivity index (χ1v) is 5.93. The fraction of sp³-hybridized carbons (Fsp3) is 0.750. The van der Waals surface area contributed by atoms with E-state index in [4.69, 9.17) is 0 Å². The van der Waals surface area contributed by atoms with Crippen LogP contribution in [-0.4, -0.2) is 11.4 Å². The summed E-state index contributed by atoms with van der Waals surface area (Å²) in [6, 6.07) is 0.624. The zero-order valence-electron chi connectivity index (χ0n) is 6.77. The van der Waals surface area contributed by atoms with Crippen LogP contribution < -0.4 is 4.72 Å². The summed E-state index contributed by atoms with van der Waals surface area (Å²) in [6.07, 6.45) is 6.19. The van der Waals surface area contributed by atoms with E-state index in [0.29, 0.717) is 6.04 Å². The Morgan fingerprint density at radius 3 is 3.00 bits per heavy atom. The van der Waals surface area contributed by atoms with E-state index in [9.17, 15) is 0 Å². The number of rotatable bonds is 4. The Bertz CT molecular complexity index is 147. The summed E-state index contributed by atoms with van der Waals surface area (Å²) in [4.78, 5) is 1.41. The highest BCUT2D eigenvalue weighted by molar-refractivity contribution is 9.09. The Morgan fingerprint density at radius 2 is 2.45 bits per heavy atom. The van der Waals surface area contributed by atoms with E-state index in [0.717, 1.165) is 5.33 Å². The second-order valence-electron chi connectivity index (χ2n) is 2.79. The second-order valence-corrected chi connectivity index (χ2v) is 4.67. The van der Waals surface area contributed by atoms with Crippen molar-refractivity contribution in [2.75, 3.05) is 5.33 Å². The van der Waals surface area contributed by atoms with E-state index < -0.39 is 0 Å². The van der Waals surface area contributed by atoms with Gasteiger partial charge in [0.2, 0.25) is 0 Å². The molecule has 0 aliphatic carbocycles. The van der Waals surface area contributed by atoms with Gasteiger partial charge in [-0.1, -0.05) is 28.4 Å². The third-order valence-electron chi connectivity index (χ3n) is 1.71. The highest BCUT2D eigenvalue weighted by atomic mass is 79.9. The lowest BCUT2D eigenvalue weighted by Crippen LogP contribution is -2.15. The van der Waals surface area contributed by atoms with Gasteiger partial charge in [0.1, 0.15) is 0 Å². The van der Waals surface area contributed by atoms with Crippen LogP contribution in [0.1, 0.15) is 26.2 Å². The minimum Gasteiger partial charge on any atom is -0.253 e. The van der Waals surface area contributed by atoms with Crippen molar-refractivity contribution in [1.82, 2.24) is 4.72 Å². The lowest BCUT2D eigenvalue weighted by molar-refractivity contribution is 0.638. The van der Waals surface area contributed by atoms with Gasteiger partial charge >= 0.3 is 0 Å². The quantitative estimate of drug-likeness (QED) is 0.457. The summed E-state index contributed by atoms with van der Waals surface area (Å²) < 4.78 is 3.37. The minimum atomic E-state index is 0.624. The van der Waals surface area contributed by atoms with Crippen molar-refractivity contribution in [3.05, 3.63) is 11.0 Å². The summed E-state index contributed by atoms with van der Waals surface area (Å²) in [5.74, 6) is 0. The molecule has 0 radical (unpaired) electrons. The Balaban J connectivity index is 2.08. The summed E-state index contributed by atoms with van der Waals surface area (Å²) >= 11 is 5.19. The second kappa shape index (κ2) is 5.22. The minimum absolute atomic E-state index is 0.624. The Hall–Kier alpha value is 0.530. The molecule has 0 aromatic rings. The third kappa shape index (κ3) is 3.63. The fourth-order valence-corrected chi connectivity index (χ4v) is 2.27. The van der Waals surface area contributed by atoms with Crippen molar-refractivity contribution in [2.24, 2.45) is 0 Å². The van der Waals surface area contributed by atoms with Crippen LogP contribution in [0.2, 0.25) is 0 Å². The van der Waals surface area contributed by atoms with Gasteiger partial charge in [0.05, 0.1) is 0 Å². The number of allylic oxidation sites excluding steroid dienone is 1. The lowest BCUT2D eigenvalue weighted by Gasteiger charge is -2.05. The number of nitrogens with one attached hydrogen (secondary N) is 1. The van der Waals surface area contributed by atoms with E-state index in [1.54, 1.807) is 11.9 Å². The average molecular weight is 236 g/mol. The summed E-state index contributed by atoms with van der Waals surface area (Å²) in [5, 5.41) is 1.13. The van der Waals surface area contributed by atoms with Crippen molar-refractivity contribution in [2.45, 2.75) is 32.2 Å². The van der Waals surface area contributed by atoms with Crippen molar-refractivity contribution in [1.29, 1.82) is 0 Å². The van der Waals surface area contributed by atoms with Gasteiger partial charge in [-0.15, -0.1) is 0 Å². The Labute approximate surface area is 81.3 Å². The number of hydrogen-bond donors (Lipinski definition) is 1. The molecule has 0 saturated carbocycles. The average Bonchev–Trinajstić information content (AvgIpc) is 2.37. The summed E-state index contributed by atoms with van der Waals surface area (Å²) in [5.41, 5.74) is 0. The predicted molar refractivity (Wildman–Crippen MR) is 55.9 cm³/mol. The molecule has 3 heteroatoms. The molecule has 1 aliphatic rings. The molecule has 1 heterocycles. The van der Waals surface area contributed by atoms with Gasteiger partial charge in [0, 0.05) is 11.4 Å². The highest BCUT2D eigenvalue weighted by Crippen LogP contribution is 2.22. The van der Waals surface area contributed by atoms with Gasteiger partial charge in [0.25, 0.3) is 0 Å². The number of hydrogen-bond acceptors (Lipinski definition) is 2.